The number of hydrogen-bond acceptors (Lipinski definition) is 3. The van der Waals surface area contributed by atoms with Crippen LogP contribution in [0.15, 0.2) is 35.3 Å². The molecule has 0 aliphatic heterocycles. The van der Waals surface area contributed by atoms with Crippen LogP contribution in [0.2, 0.25) is 0 Å². The van der Waals surface area contributed by atoms with Gasteiger partial charge in [0.25, 0.3) is 0 Å². The van der Waals surface area contributed by atoms with Crippen LogP contribution >= 0.6 is 0 Å². The van der Waals surface area contributed by atoms with Gasteiger partial charge in [-0.15, -0.1) is 4.99 Å². The van der Waals surface area contributed by atoms with Gasteiger partial charge in [0.1, 0.15) is 0 Å². The maximum absolute atomic E-state index is 10.9. The smallest absolute Gasteiger partial charge is 0.436 e. The second kappa shape index (κ2) is 5.01. The van der Waals surface area contributed by atoms with Crippen LogP contribution in [0.5, 0.6) is 0 Å². The molecule has 1 amide bonds. The first-order valence-electron chi connectivity index (χ1n) is 4.04. The topological polar surface area (TPSA) is 47.9 Å². The summed E-state index contributed by atoms with van der Waals surface area (Å²) in [4.78, 5) is 14.5. The van der Waals surface area contributed by atoms with Gasteiger partial charge in [-0.1, -0.05) is 18.2 Å². The molecule has 0 fully saturated rings. The molecular formula is C10H11NO3. The van der Waals surface area contributed by atoms with Crippen molar-refractivity contribution in [2.75, 3.05) is 14.2 Å². The van der Waals surface area contributed by atoms with Crippen molar-refractivity contribution in [2.45, 2.75) is 0 Å². The molecule has 0 spiro atoms. The Morgan fingerprint density at radius 3 is 2.29 bits per heavy atom. The second-order valence-electron chi connectivity index (χ2n) is 2.46. The van der Waals surface area contributed by atoms with E-state index in [1.807, 2.05) is 18.2 Å². The van der Waals surface area contributed by atoms with Crippen molar-refractivity contribution < 1.29 is 14.3 Å². The van der Waals surface area contributed by atoms with E-state index in [0.717, 1.165) is 5.56 Å². The van der Waals surface area contributed by atoms with Crippen molar-refractivity contribution in [3.05, 3.63) is 35.9 Å². The predicted molar refractivity (Wildman–Crippen MR) is 52.4 cm³/mol. The molecule has 0 aliphatic rings. The zero-order valence-electron chi connectivity index (χ0n) is 8.06. The number of carbonyl (C=O) groups is 1. The Bertz CT molecular complexity index is 332. The zero-order chi connectivity index (χ0) is 10.4. The van der Waals surface area contributed by atoms with E-state index in [-0.39, 0.29) is 5.90 Å². The van der Waals surface area contributed by atoms with Gasteiger partial charge >= 0.3 is 6.09 Å². The Morgan fingerprint density at radius 2 is 1.79 bits per heavy atom. The van der Waals surface area contributed by atoms with E-state index in [9.17, 15) is 4.79 Å². The van der Waals surface area contributed by atoms with Crippen molar-refractivity contribution in [2.24, 2.45) is 4.99 Å². The first kappa shape index (κ1) is 10.2. The van der Waals surface area contributed by atoms with Crippen LogP contribution in [0.4, 0.5) is 4.79 Å². The molecule has 0 unspecified atom stereocenters. The highest BCUT2D eigenvalue weighted by atomic mass is 16.5. The normalized spacial score (nSPS) is 10.9. The van der Waals surface area contributed by atoms with E-state index in [2.05, 4.69) is 9.73 Å². The minimum atomic E-state index is -0.675. The Balaban J connectivity index is 2.93. The fraction of sp³-hybridized carbons (Fsp3) is 0.200. The maximum atomic E-state index is 10.9. The molecule has 4 heteroatoms. The molecule has 1 rings (SSSR count). The van der Waals surface area contributed by atoms with E-state index in [4.69, 9.17) is 4.74 Å². The molecule has 74 valence electrons. The number of rotatable bonds is 1. The lowest BCUT2D eigenvalue weighted by Gasteiger charge is -2.03. The molecule has 14 heavy (non-hydrogen) atoms. The number of hydrogen-bond donors (Lipinski definition) is 0. The first-order chi connectivity index (χ1) is 6.77. The Morgan fingerprint density at radius 1 is 1.14 bits per heavy atom. The van der Waals surface area contributed by atoms with Crippen LogP contribution in [0, 0.1) is 0 Å². The van der Waals surface area contributed by atoms with Crippen LogP contribution in [-0.4, -0.2) is 26.2 Å². The quantitative estimate of drug-likeness (QED) is 0.505. The maximum Gasteiger partial charge on any atom is 0.436 e. The number of nitrogens with zero attached hydrogens (tertiary/aromatic N) is 1. The van der Waals surface area contributed by atoms with Crippen molar-refractivity contribution in [1.82, 2.24) is 0 Å². The molecule has 0 saturated carbocycles. The van der Waals surface area contributed by atoms with Crippen LogP contribution in [-0.2, 0) is 9.47 Å². The number of carbonyl (C=O) groups excluding carboxylic acids is 1. The molecule has 1 aromatic carbocycles. The van der Waals surface area contributed by atoms with E-state index in [1.54, 1.807) is 12.1 Å². The summed E-state index contributed by atoms with van der Waals surface area (Å²) in [5, 5.41) is 0. The van der Waals surface area contributed by atoms with E-state index in [0.29, 0.717) is 0 Å². The third-order valence-corrected chi connectivity index (χ3v) is 1.58. The largest absolute Gasteiger partial charge is 0.480 e. The van der Waals surface area contributed by atoms with Crippen LogP contribution in [0.1, 0.15) is 5.56 Å². The first-order valence-corrected chi connectivity index (χ1v) is 4.04. The number of ether oxygens (including phenoxy) is 2. The standard InChI is InChI=1S/C10H11NO3/c1-13-9(11-10(12)14-2)8-6-4-3-5-7-8/h3-7H,1-2H3/b11-9-. The minimum absolute atomic E-state index is 0.248. The third-order valence-electron chi connectivity index (χ3n) is 1.58. The Hall–Kier alpha value is -1.84. The van der Waals surface area contributed by atoms with Crippen molar-refractivity contribution in [3.8, 4) is 0 Å². The highest BCUT2D eigenvalue weighted by Gasteiger charge is 2.05. The summed E-state index contributed by atoms with van der Waals surface area (Å²) in [5.74, 6) is 0.248. The Kier molecular flexibility index (Phi) is 3.67. The molecule has 0 aliphatic carbocycles. The van der Waals surface area contributed by atoms with Gasteiger partial charge in [0.05, 0.1) is 14.2 Å². The van der Waals surface area contributed by atoms with Crippen molar-refractivity contribution >= 4 is 12.0 Å². The lowest BCUT2D eigenvalue weighted by molar-refractivity contribution is 0.181. The highest BCUT2D eigenvalue weighted by molar-refractivity contribution is 5.99. The summed E-state index contributed by atoms with van der Waals surface area (Å²) in [5.41, 5.74) is 0.736. The molecule has 0 N–H and O–H groups in total. The van der Waals surface area contributed by atoms with Gasteiger partial charge in [-0.3, -0.25) is 0 Å². The summed E-state index contributed by atoms with van der Waals surface area (Å²) in [6.45, 7) is 0. The molecular weight excluding hydrogens is 182 g/mol. The van der Waals surface area contributed by atoms with Gasteiger partial charge in [-0.2, -0.15) is 0 Å². The zero-order valence-corrected chi connectivity index (χ0v) is 8.06. The predicted octanol–water partition coefficient (Wildman–Crippen LogP) is 1.85. The molecule has 0 heterocycles. The molecule has 0 saturated heterocycles. The lowest BCUT2D eigenvalue weighted by Crippen LogP contribution is -2.07. The van der Waals surface area contributed by atoms with Crippen LogP contribution in [0.3, 0.4) is 0 Å². The molecule has 1 aromatic rings. The number of aliphatic imine (C=N–C) groups is 1. The average Bonchev–Trinajstić information content (AvgIpc) is 2.26. The second-order valence-corrected chi connectivity index (χ2v) is 2.46. The number of methoxy groups -OCH3 is 2. The summed E-state index contributed by atoms with van der Waals surface area (Å²) < 4.78 is 9.36. The SMILES string of the molecule is COC(=O)/N=C(\OC)c1ccccc1. The van der Waals surface area contributed by atoms with Gasteiger partial charge in [0.15, 0.2) is 0 Å². The summed E-state index contributed by atoms with van der Waals surface area (Å²) >= 11 is 0. The van der Waals surface area contributed by atoms with Gasteiger partial charge in [-0.05, 0) is 12.1 Å². The lowest BCUT2D eigenvalue weighted by atomic mass is 10.2. The molecule has 0 aromatic heterocycles. The fourth-order valence-corrected chi connectivity index (χ4v) is 0.937. The van der Waals surface area contributed by atoms with Crippen LogP contribution in [0.25, 0.3) is 0 Å². The van der Waals surface area contributed by atoms with Gasteiger partial charge in [0.2, 0.25) is 5.90 Å². The Labute approximate surface area is 82.2 Å². The van der Waals surface area contributed by atoms with Gasteiger partial charge in [-0.25, -0.2) is 4.79 Å². The van der Waals surface area contributed by atoms with Gasteiger partial charge in [0, 0.05) is 5.56 Å². The van der Waals surface area contributed by atoms with Crippen molar-refractivity contribution in [1.29, 1.82) is 0 Å². The summed E-state index contributed by atoms with van der Waals surface area (Å²) in [6.07, 6.45) is -0.675. The van der Waals surface area contributed by atoms with E-state index < -0.39 is 6.09 Å². The summed E-state index contributed by atoms with van der Waals surface area (Å²) in [7, 11) is 2.72. The molecule has 0 radical (unpaired) electrons. The monoisotopic (exact) mass is 193 g/mol. The van der Waals surface area contributed by atoms with Crippen LogP contribution < -0.4 is 0 Å². The van der Waals surface area contributed by atoms with E-state index in [1.165, 1.54) is 14.2 Å². The molecule has 0 bridgehead atoms. The molecule has 0 atom stereocenters. The summed E-state index contributed by atoms with van der Waals surface area (Å²) in [6, 6.07) is 9.13. The van der Waals surface area contributed by atoms with E-state index >= 15 is 0 Å². The third kappa shape index (κ3) is 2.58. The minimum Gasteiger partial charge on any atom is -0.480 e. The fourth-order valence-electron chi connectivity index (χ4n) is 0.937. The number of amides is 1. The number of benzene rings is 1. The van der Waals surface area contributed by atoms with Gasteiger partial charge < -0.3 is 9.47 Å². The average molecular weight is 193 g/mol. The van der Waals surface area contributed by atoms with Crippen molar-refractivity contribution in [3.63, 3.8) is 0 Å². The molecule has 4 nitrogen and oxygen atoms in total. The highest BCUT2D eigenvalue weighted by Crippen LogP contribution is 2.02.